The lowest BCUT2D eigenvalue weighted by molar-refractivity contribution is -0.118. The quantitative estimate of drug-likeness (QED) is 0.567. The van der Waals surface area contributed by atoms with Gasteiger partial charge < -0.3 is 20.4 Å². The number of Topliss-reactive ketones (excluding diaryl/α,β-unsaturated/α-hetero) is 1. The molecule has 0 bridgehead atoms. The SMILES string of the molecule is CCCC[C@H](NC(=O)c1[nH]c2c(c1C)C(=O)CC(C)(C)C2)C(=O)Nc1ccccc1OC. The molecule has 0 saturated carbocycles. The van der Waals surface area contributed by atoms with Gasteiger partial charge in [-0.3, -0.25) is 14.4 Å². The molecule has 0 radical (unpaired) electrons. The number of rotatable bonds is 8. The zero-order valence-corrected chi connectivity index (χ0v) is 19.6. The van der Waals surface area contributed by atoms with E-state index in [0.717, 1.165) is 18.5 Å². The Morgan fingerprint density at radius 3 is 2.62 bits per heavy atom. The van der Waals surface area contributed by atoms with E-state index in [9.17, 15) is 14.4 Å². The minimum absolute atomic E-state index is 0.0560. The Morgan fingerprint density at radius 1 is 1.22 bits per heavy atom. The summed E-state index contributed by atoms with van der Waals surface area (Å²) >= 11 is 0. The lowest BCUT2D eigenvalue weighted by Gasteiger charge is -2.28. The number of ether oxygens (including phenoxy) is 1. The number of para-hydroxylation sites is 2. The Bertz CT molecular complexity index is 1020. The first-order valence-electron chi connectivity index (χ1n) is 11.2. The maximum absolute atomic E-state index is 13.1. The number of fused-ring (bicyclic) bond motifs is 1. The van der Waals surface area contributed by atoms with E-state index in [-0.39, 0.29) is 23.0 Å². The van der Waals surface area contributed by atoms with E-state index < -0.39 is 6.04 Å². The normalized spacial score (nSPS) is 15.6. The van der Waals surface area contributed by atoms with Gasteiger partial charge in [-0.2, -0.15) is 0 Å². The number of aromatic amines is 1. The van der Waals surface area contributed by atoms with Crippen molar-refractivity contribution in [1.29, 1.82) is 0 Å². The Morgan fingerprint density at radius 2 is 1.94 bits per heavy atom. The molecule has 1 heterocycles. The van der Waals surface area contributed by atoms with Gasteiger partial charge in [0.05, 0.1) is 12.8 Å². The second-order valence-corrected chi connectivity index (χ2v) is 9.28. The van der Waals surface area contributed by atoms with Crippen molar-refractivity contribution in [3.8, 4) is 5.75 Å². The fraction of sp³-hybridized carbons (Fsp3) is 0.480. The molecule has 1 atom stereocenters. The number of ketones is 1. The number of aromatic nitrogens is 1. The summed E-state index contributed by atoms with van der Waals surface area (Å²) in [6.45, 7) is 7.92. The highest BCUT2D eigenvalue weighted by atomic mass is 16.5. The van der Waals surface area contributed by atoms with Crippen LogP contribution in [0.2, 0.25) is 0 Å². The van der Waals surface area contributed by atoms with Crippen molar-refractivity contribution in [2.45, 2.75) is 65.8 Å². The molecule has 0 spiro atoms. The van der Waals surface area contributed by atoms with Gasteiger partial charge in [0.25, 0.3) is 5.91 Å². The number of carbonyl (C=O) groups excluding carboxylic acids is 3. The van der Waals surface area contributed by atoms with E-state index in [1.54, 1.807) is 26.2 Å². The highest BCUT2D eigenvalue weighted by Gasteiger charge is 2.35. The van der Waals surface area contributed by atoms with Gasteiger partial charge in [0.1, 0.15) is 17.5 Å². The van der Waals surface area contributed by atoms with Gasteiger partial charge in [-0.15, -0.1) is 0 Å². The first-order chi connectivity index (χ1) is 15.2. The molecular weight excluding hydrogens is 406 g/mol. The summed E-state index contributed by atoms with van der Waals surface area (Å²) in [5.41, 5.74) is 2.84. The first kappa shape index (κ1) is 23.6. The molecule has 7 nitrogen and oxygen atoms in total. The molecule has 3 rings (SSSR count). The largest absolute Gasteiger partial charge is 0.495 e. The van der Waals surface area contributed by atoms with Gasteiger partial charge in [-0.1, -0.05) is 45.7 Å². The number of hydrogen-bond acceptors (Lipinski definition) is 4. The van der Waals surface area contributed by atoms with E-state index in [1.807, 2.05) is 32.9 Å². The number of carbonyl (C=O) groups is 3. The molecule has 0 aliphatic heterocycles. The van der Waals surface area contributed by atoms with Crippen LogP contribution in [0.3, 0.4) is 0 Å². The minimum atomic E-state index is -0.709. The highest BCUT2D eigenvalue weighted by molar-refractivity contribution is 6.06. The molecule has 0 unspecified atom stereocenters. The van der Waals surface area contributed by atoms with Crippen molar-refractivity contribution in [2.24, 2.45) is 5.41 Å². The van der Waals surface area contributed by atoms with Gasteiger partial charge >= 0.3 is 0 Å². The van der Waals surface area contributed by atoms with Gasteiger partial charge in [0.15, 0.2) is 5.78 Å². The molecule has 1 aromatic carbocycles. The number of unbranched alkanes of at least 4 members (excludes halogenated alkanes) is 1. The Balaban J connectivity index is 1.81. The van der Waals surface area contributed by atoms with Crippen LogP contribution in [-0.2, 0) is 11.2 Å². The fourth-order valence-corrected chi connectivity index (χ4v) is 4.33. The van der Waals surface area contributed by atoms with Crippen molar-refractivity contribution < 1.29 is 19.1 Å². The number of nitrogens with one attached hydrogen (secondary N) is 3. The number of anilines is 1. The fourth-order valence-electron chi connectivity index (χ4n) is 4.33. The summed E-state index contributed by atoms with van der Waals surface area (Å²) in [5.74, 6) is -0.0720. The van der Waals surface area contributed by atoms with E-state index in [0.29, 0.717) is 47.5 Å². The van der Waals surface area contributed by atoms with Crippen molar-refractivity contribution in [2.75, 3.05) is 12.4 Å². The van der Waals surface area contributed by atoms with Gasteiger partial charge in [-0.05, 0) is 42.9 Å². The minimum Gasteiger partial charge on any atom is -0.495 e. The lowest BCUT2D eigenvalue weighted by Crippen LogP contribution is -2.44. The van der Waals surface area contributed by atoms with Crippen LogP contribution in [-0.4, -0.2) is 35.7 Å². The van der Waals surface area contributed by atoms with E-state index in [4.69, 9.17) is 4.74 Å². The van der Waals surface area contributed by atoms with E-state index in [2.05, 4.69) is 15.6 Å². The maximum Gasteiger partial charge on any atom is 0.268 e. The molecule has 0 fully saturated rings. The second kappa shape index (κ2) is 9.59. The van der Waals surface area contributed by atoms with Crippen molar-refractivity contribution in [3.05, 3.63) is 46.8 Å². The summed E-state index contributed by atoms with van der Waals surface area (Å²) in [5, 5.41) is 5.74. The Hall–Kier alpha value is -3.09. The highest BCUT2D eigenvalue weighted by Crippen LogP contribution is 2.36. The van der Waals surface area contributed by atoms with Crippen LogP contribution in [0.5, 0.6) is 5.75 Å². The summed E-state index contributed by atoms with van der Waals surface area (Å²) in [4.78, 5) is 42.0. The zero-order valence-electron chi connectivity index (χ0n) is 19.6. The molecule has 3 N–H and O–H groups in total. The summed E-state index contributed by atoms with van der Waals surface area (Å²) in [7, 11) is 1.54. The number of H-pyrrole nitrogens is 1. The number of hydrogen-bond donors (Lipinski definition) is 3. The van der Waals surface area contributed by atoms with Crippen molar-refractivity contribution >= 4 is 23.3 Å². The molecule has 7 heteroatoms. The third kappa shape index (κ3) is 5.03. The lowest BCUT2D eigenvalue weighted by atomic mass is 9.75. The van der Waals surface area contributed by atoms with E-state index >= 15 is 0 Å². The van der Waals surface area contributed by atoms with Gasteiger partial charge in [-0.25, -0.2) is 0 Å². The van der Waals surface area contributed by atoms with Gasteiger partial charge in [0.2, 0.25) is 5.91 Å². The first-order valence-corrected chi connectivity index (χ1v) is 11.2. The van der Waals surface area contributed by atoms with Gasteiger partial charge in [0, 0.05) is 17.7 Å². The monoisotopic (exact) mass is 439 g/mol. The van der Waals surface area contributed by atoms with E-state index in [1.165, 1.54) is 0 Å². The number of benzene rings is 1. The second-order valence-electron chi connectivity index (χ2n) is 9.28. The van der Waals surface area contributed by atoms with Crippen molar-refractivity contribution in [3.63, 3.8) is 0 Å². The van der Waals surface area contributed by atoms with Crippen LogP contribution in [0.4, 0.5) is 5.69 Å². The molecule has 2 aromatic rings. The predicted octanol–water partition coefficient (Wildman–Crippen LogP) is 4.41. The van der Waals surface area contributed by atoms with Crippen LogP contribution in [0.25, 0.3) is 0 Å². The topological polar surface area (TPSA) is 100 Å². The maximum atomic E-state index is 13.1. The molecule has 0 saturated heterocycles. The van der Waals surface area contributed by atoms with Crippen LogP contribution < -0.4 is 15.4 Å². The van der Waals surface area contributed by atoms with Crippen LogP contribution >= 0.6 is 0 Å². The number of amides is 2. The summed E-state index contributed by atoms with van der Waals surface area (Å²) < 4.78 is 5.31. The standard InChI is InChI=1S/C25H33N3O4/c1-6-7-10-17(23(30)27-16-11-8-9-12-20(16)32-5)28-24(31)22-15(2)21-18(26-22)13-25(3,4)14-19(21)29/h8-9,11-12,17,26H,6-7,10,13-14H2,1-5H3,(H,27,30)(H,28,31)/t17-/m0/s1. The van der Waals surface area contributed by atoms with Crippen LogP contribution in [0.1, 0.15) is 78.6 Å². The average Bonchev–Trinajstić information content (AvgIpc) is 3.06. The Kier molecular flexibility index (Phi) is 7.06. The smallest absolute Gasteiger partial charge is 0.268 e. The van der Waals surface area contributed by atoms with Crippen LogP contribution in [0.15, 0.2) is 24.3 Å². The third-order valence-corrected chi connectivity index (χ3v) is 5.96. The molecular formula is C25H33N3O4. The molecule has 1 aromatic heterocycles. The Labute approximate surface area is 189 Å². The summed E-state index contributed by atoms with van der Waals surface area (Å²) in [6, 6.07) is 6.44. The molecule has 1 aliphatic rings. The molecule has 32 heavy (non-hydrogen) atoms. The zero-order chi connectivity index (χ0) is 23.5. The number of methoxy groups -OCH3 is 1. The molecule has 1 aliphatic carbocycles. The predicted molar refractivity (Wildman–Crippen MR) is 124 cm³/mol. The third-order valence-electron chi connectivity index (χ3n) is 5.96. The molecule has 2 amide bonds. The molecule has 172 valence electrons. The van der Waals surface area contributed by atoms with Crippen molar-refractivity contribution in [1.82, 2.24) is 10.3 Å². The summed E-state index contributed by atoms with van der Waals surface area (Å²) in [6.07, 6.45) is 3.36. The average molecular weight is 440 g/mol. The van der Waals surface area contributed by atoms with Crippen LogP contribution in [0, 0.1) is 12.3 Å².